The van der Waals surface area contributed by atoms with Gasteiger partial charge in [-0.1, -0.05) is 383 Å². The van der Waals surface area contributed by atoms with E-state index in [4.69, 9.17) is 37.0 Å². The fourth-order valence-corrected chi connectivity index (χ4v) is 14.5. The summed E-state index contributed by atoms with van der Waals surface area (Å²) >= 11 is 0. The minimum Gasteiger partial charge on any atom is -0.462 e. The zero-order chi connectivity index (χ0) is 76.0. The van der Waals surface area contributed by atoms with Crippen molar-refractivity contribution in [2.24, 2.45) is 23.7 Å². The number of hydrogen-bond acceptors (Lipinski definition) is 15. The van der Waals surface area contributed by atoms with Gasteiger partial charge in [-0.3, -0.25) is 37.3 Å². The van der Waals surface area contributed by atoms with Crippen LogP contribution in [0.3, 0.4) is 0 Å². The number of aliphatic hydroxyl groups is 1. The molecule has 0 bridgehead atoms. The third-order valence-electron chi connectivity index (χ3n) is 20.3. The largest absolute Gasteiger partial charge is 0.472 e. The highest BCUT2D eigenvalue weighted by molar-refractivity contribution is 7.47. The fraction of sp³-hybridized carbons (Fsp3) is 0.952. The molecule has 0 aliphatic heterocycles. The van der Waals surface area contributed by atoms with E-state index >= 15 is 0 Å². The maximum Gasteiger partial charge on any atom is 0.472 e. The standard InChI is InChI=1S/C84H164O17P2/c1-9-76(7)62-54-46-38-32-26-20-17-18-21-27-33-39-48-56-64-81(86)94-70-79(100-84(89)67-59-51-41-35-29-23-25-31-37-45-53-61-75(5)6)72-98-102(90,91)96-68-78(85)69-97-103(92,93)99-73-80(71-95-82(87)65-57-49-43-42-47-55-63-77(8)10-2)101-83(88)66-58-50-40-34-28-22-16-14-12-11-13-15-19-24-30-36-44-52-60-74(3)4/h74-80,85H,9-73H2,1-8H3,(H,90,91)(H,92,93)/t76?,77?,78-,79-,80-/m1/s1. The second-order valence-electron chi connectivity index (χ2n) is 31.7. The predicted molar refractivity (Wildman–Crippen MR) is 423 cm³/mol. The SMILES string of the molecule is CCC(C)CCCCCCCCCCCCCCCCC(=O)OC[C@H](COP(=O)(O)OC[C@@H](O)COP(=O)(O)OC[C@@H](COC(=O)CCCCCCCCC(C)CC)OC(=O)CCCCCCCCCCCCCCCCCCCCC(C)C)OC(=O)CCCCCCCCCCCCCC(C)C. The highest BCUT2D eigenvalue weighted by Gasteiger charge is 2.30. The highest BCUT2D eigenvalue weighted by atomic mass is 31.2. The number of aliphatic hydroxyl groups excluding tert-OH is 1. The van der Waals surface area contributed by atoms with Crippen LogP contribution in [0.2, 0.25) is 0 Å². The number of unbranched alkanes of at least 4 members (excludes halogenated alkanes) is 45. The number of rotatable bonds is 81. The molecule has 0 amide bonds. The molecule has 7 atom stereocenters. The zero-order valence-electron chi connectivity index (χ0n) is 68.0. The molecule has 0 rings (SSSR count). The number of carbonyl (C=O) groups excluding carboxylic acids is 4. The van der Waals surface area contributed by atoms with Crippen LogP contribution in [0.1, 0.15) is 434 Å². The van der Waals surface area contributed by atoms with E-state index in [2.05, 4.69) is 55.4 Å². The molecule has 0 fully saturated rings. The van der Waals surface area contributed by atoms with Gasteiger partial charge in [-0.25, -0.2) is 9.13 Å². The lowest BCUT2D eigenvalue weighted by Gasteiger charge is -2.21. The molecule has 0 spiro atoms. The van der Waals surface area contributed by atoms with Crippen molar-refractivity contribution in [3.63, 3.8) is 0 Å². The minimum atomic E-state index is -4.96. The fourth-order valence-electron chi connectivity index (χ4n) is 12.9. The molecule has 612 valence electrons. The molecule has 0 aromatic heterocycles. The van der Waals surface area contributed by atoms with Gasteiger partial charge in [-0.15, -0.1) is 0 Å². The summed E-state index contributed by atoms with van der Waals surface area (Å²) in [6.45, 7) is 14.3. The first-order chi connectivity index (χ1) is 49.7. The van der Waals surface area contributed by atoms with Crippen molar-refractivity contribution in [2.45, 2.75) is 453 Å². The molecule has 0 aromatic rings. The average Bonchev–Trinajstić information content (AvgIpc) is 0.919. The minimum absolute atomic E-state index is 0.106. The lowest BCUT2D eigenvalue weighted by Crippen LogP contribution is -2.30. The molecule has 0 aliphatic rings. The van der Waals surface area contributed by atoms with Crippen molar-refractivity contribution < 1.29 is 80.2 Å². The number of phosphoric ester groups is 2. The van der Waals surface area contributed by atoms with Gasteiger partial charge in [0.15, 0.2) is 12.2 Å². The molecule has 19 heteroatoms. The number of carbonyl (C=O) groups is 4. The van der Waals surface area contributed by atoms with Gasteiger partial charge in [0, 0.05) is 25.7 Å². The Kier molecular flexibility index (Phi) is 71.5. The monoisotopic (exact) mass is 1510 g/mol. The Labute approximate surface area is 632 Å². The maximum atomic E-state index is 13.1. The van der Waals surface area contributed by atoms with Crippen LogP contribution in [0.15, 0.2) is 0 Å². The van der Waals surface area contributed by atoms with E-state index in [9.17, 15) is 43.2 Å². The van der Waals surface area contributed by atoms with E-state index in [-0.39, 0.29) is 25.7 Å². The summed E-state index contributed by atoms with van der Waals surface area (Å²) in [4.78, 5) is 73.1. The van der Waals surface area contributed by atoms with Gasteiger partial charge >= 0.3 is 39.5 Å². The molecule has 0 aliphatic carbocycles. The van der Waals surface area contributed by atoms with E-state index in [0.29, 0.717) is 25.7 Å². The molecule has 3 N–H and O–H groups in total. The predicted octanol–water partition coefficient (Wildman–Crippen LogP) is 25.2. The Morgan fingerprint density at radius 2 is 0.466 bits per heavy atom. The van der Waals surface area contributed by atoms with Crippen LogP contribution < -0.4 is 0 Å². The van der Waals surface area contributed by atoms with Crippen LogP contribution in [-0.4, -0.2) is 96.7 Å². The van der Waals surface area contributed by atoms with Crippen LogP contribution in [0.4, 0.5) is 0 Å². The van der Waals surface area contributed by atoms with Gasteiger partial charge in [-0.05, 0) is 49.4 Å². The van der Waals surface area contributed by atoms with Crippen molar-refractivity contribution in [1.82, 2.24) is 0 Å². The third-order valence-corrected chi connectivity index (χ3v) is 22.2. The molecule has 0 saturated heterocycles. The van der Waals surface area contributed by atoms with Gasteiger partial charge in [0.2, 0.25) is 0 Å². The van der Waals surface area contributed by atoms with Crippen LogP contribution in [0, 0.1) is 23.7 Å². The lowest BCUT2D eigenvalue weighted by molar-refractivity contribution is -0.161. The zero-order valence-corrected chi connectivity index (χ0v) is 69.7. The molecular weight excluding hydrogens is 1340 g/mol. The third kappa shape index (κ3) is 75.3. The molecule has 0 heterocycles. The molecule has 103 heavy (non-hydrogen) atoms. The number of esters is 4. The van der Waals surface area contributed by atoms with Crippen molar-refractivity contribution in [3.05, 3.63) is 0 Å². The second-order valence-corrected chi connectivity index (χ2v) is 34.6. The summed E-state index contributed by atoms with van der Waals surface area (Å²) < 4.78 is 68.8. The highest BCUT2D eigenvalue weighted by Crippen LogP contribution is 2.45. The van der Waals surface area contributed by atoms with Gasteiger partial charge in [-0.2, -0.15) is 0 Å². The van der Waals surface area contributed by atoms with Crippen LogP contribution in [0.5, 0.6) is 0 Å². The molecule has 0 aromatic carbocycles. The Morgan fingerprint density at radius 1 is 0.272 bits per heavy atom. The van der Waals surface area contributed by atoms with Gasteiger partial charge < -0.3 is 33.8 Å². The van der Waals surface area contributed by atoms with Gasteiger partial charge in [0.1, 0.15) is 19.3 Å². The molecular formula is C84H164O17P2. The number of phosphoric acid groups is 2. The Hall–Kier alpha value is -1.94. The summed E-state index contributed by atoms with van der Waals surface area (Å²) in [7, 11) is -9.93. The summed E-state index contributed by atoms with van der Waals surface area (Å²) in [5.41, 5.74) is 0. The first-order valence-electron chi connectivity index (χ1n) is 43.3. The van der Waals surface area contributed by atoms with Gasteiger partial charge in [0.25, 0.3) is 0 Å². The smallest absolute Gasteiger partial charge is 0.462 e. The van der Waals surface area contributed by atoms with Crippen molar-refractivity contribution >= 4 is 39.5 Å². The lowest BCUT2D eigenvalue weighted by atomic mass is 9.99. The normalized spacial score (nSPS) is 14.5. The number of ether oxygens (including phenoxy) is 4. The average molecular weight is 1510 g/mol. The molecule has 0 radical (unpaired) electrons. The van der Waals surface area contributed by atoms with Crippen LogP contribution in [-0.2, 0) is 65.4 Å². The van der Waals surface area contributed by atoms with E-state index in [0.717, 1.165) is 120 Å². The van der Waals surface area contributed by atoms with E-state index in [1.165, 1.54) is 231 Å². The van der Waals surface area contributed by atoms with Crippen molar-refractivity contribution in [1.29, 1.82) is 0 Å². The second kappa shape index (κ2) is 72.9. The summed E-state index contributed by atoms with van der Waals surface area (Å²) in [6.07, 6.45) is 61.1. The van der Waals surface area contributed by atoms with Crippen LogP contribution >= 0.6 is 15.6 Å². The quantitative estimate of drug-likeness (QED) is 0.0222. The summed E-state index contributed by atoms with van der Waals surface area (Å²) in [6, 6.07) is 0. The Balaban J connectivity index is 5.20. The first-order valence-corrected chi connectivity index (χ1v) is 46.3. The van der Waals surface area contributed by atoms with Crippen molar-refractivity contribution in [3.8, 4) is 0 Å². The summed E-state index contributed by atoms with van der Waals surface area (Å²) in [5, 5.41) is 10.7. The van der Waals surface area contributed by atoms with Crippen molar-refractivity contribution in [2.75, 3.05) is 39.6 Å². The first kappa shape index (κ1) is 101. The Morgan fingerprint density at radius 3 is 0.689 bits per heavy atom. The molecule has 0 saturated carbocycles. The summed E-state index contributed by atoms with van der Waals surface area (Å²) in [5.74, 6) is 1.05. The number of hydrogen-bond donors (Lipinski definition) is 3. The van der Waals surface area contributed by atoms with Crippen LogP contribution in [0.25, 0.3) is 0 Å². The molecule has 4 unspecified atom stereocenters. The van der Waals surface area contributed by atoms with E-state index in [1.54, 1.807) is 0 Å². The topological polar surface area (TPSA) is 237 Å². The molecule has 17 nitrogen and oxygen atoms in total. The van der Waals surface area contributed by atoms with Gasteiger partial charge in [0.05, 0.1) is 26.4 Å². The van der Waals surface area contributed by atoms with E-state index in [1.807, 2.05) is 0 Å². The van der Waals surface area contributed by atoms with E-state index < -0.39 is 97.5 Å². The Bertz CT molecular complexity index is 2010. The maximum absolute atomic E-state index is 13.1.